The second-order valence-electron chi connectivity index (χ2n) is 22.9. The van der Waals surface area contributed by atoms with Crippen molar-refractivity contribution in [2.45, 2.75) is 170 Å². The van der Waals surface area contributed by atoms with Crippen molar-refractivity contribution in [3.05, 3.63) is 0 Å². The van der Waals surface area contributed by atoms with E-state index < -0.39 is 166 Å². The number of hydrogen-bond acceptors (Lipinski definition) is 33. The Balaban J connectivity index is 1.32. The van der Waals surface area contributed by atoms with Crippen LogP contribution in [0.2, 0.25) is 0 Å². The average molecular weight is 1440 g/mol. The molecule has 3 heterocycles. The van der Waals surface area contributed by atoms with E-state index >= 15 is 0 Å². The van der Waals surface area contributed by atoms with E-state index in [0.717, 1.165) is 0 Å². The topological polar surface area (TPSA) is 544 Å². The van der Waals surface area contributed by atoms with Crippen molar-refractivity contribution in [1.82, 2.24) is 37.2 Å². The first-order chi connectivity index (χ1) is 47.6. The van der Waals surface area contributed by atoms with E-state index in [4.69, 9.17) is 71.1 Å². The molecule has 0 saturated carbocycles. The highest BCUT2D eigenvalue weighted by Crippen LogP contribution is 2.25. The summed E-state index contributed by atoms with van der Waals surface area (Å²) in [7, 11) is 0. The molecule has 17 N–H and O–H groups in total. The third kappa shape index (κ3) is 36.9. The lowest BCUT2D eigenvalue weighted by Crippen LogP contribution is -2.65. The quantitative estimate of drug-likeness (QED) is 0.0153. The Morgan fingerprint density at radius 1 is 0.424 bits per heavy atom. The third-order valence-corrected chi connectivity index (χ3v) is 14.9. The lowest BCUT2D eigenvalue weighted by Gasteiger charge is -2.42. The van der Waals surface area contributed by atoms with Crippen LogP contribution in [0.15, 0.2) is 0 Å². The summed E-state index contributed by atoms with van der Waals surface area (Å²) >= 11 is 0. The van der Waals surface area contributed by atoms with Gasteiger partial charge in [0.1, 0.15) is 105 Å². The normalized spacial score (nSPS) is 26.4. The molecule has 0 aromatic carbocycles. The standard InChI is InChI=1S/C60H109N7O32/c1-37(72)63-48-54(81)51(78)42(31-69)97-58(48)94-27-24-88-15-12-85-18-21-91-34-45(75)61-10-6-4-8-40(30-68)66-57(84)41(67-47(77)36-93-23-20-87-14-17-90-26-29-96-60-50(65-39(3)74)56(83)53(80)44(33-71)99-60)9-5-7-11-62-46(76)35-92-22-19-86-13-16-89-25-28-95-59-49(64-38(2)73)55(82)52(79)43(32-70)98-59/h30,37,40-44,48-56,58-60,63,69-72,78-83H,4-29,31-36H2,1-3H3,(H,61,75)(H,62,76)(H,64,73)(H,65,74)(H,66,84)(H,67,77)/t37?,40-,41-,42+,43+,44+,48+,49+,50+,51-,52-,53-,54+,55+,56+,58+,59+,60+/m0/s1. The Bertz CT molecular complexity index is 2210. The average Bonchev–Trinajstić information content (AvgIpc) is 0.826. The minimum Gasteiger partial charge on any atom is -0.394 e. The number of aldehydes is 1. The van der Waals surface area contributed by atoms with Crippen LogP contribution < -0.4 is 37.2 Å². The number of ether oxygens (including phenoxy) is 15. The fourth-order valence-corrected chi connectivity index (χ4v) is 9.87. The molecular formula is C60H109N7O32. The molecule has 0 aromatic heterocycles. The van der Waals surface area contributed by atoms with Crippen molar-refractivity contribution in [2.75, 3.05) is 172 Å². The van der Waals surface area contributed by atoms with Crippen molar-refractivity contribution < 1.29 is 156 Å². The van der Waals surface area contributed by atoms with Gasteiger partial charge in [-0.3, -0.25) is 34.1 Å². The first kappa shape index (κ1) is 88.7. The number of unbranched alkanes of at least 4 members (excludes halogenated alkanes) is 2. The third-order valence-electron chi connectivity index (χ3n) is 14.9. The minimum absolute atomic E-state index is 0.00778. The number of carbonyl (C=O) groups is 7. The molecule has 0 aliphatic carbocycles. The molecule has 3 rings (SSSR count). The van der Waals surface area contributed by atoms with Gasteiger partial charge in [-0.25, -0.2) is 0 Å². The molecule has 576 valence electrons. The molecule has 99 heavy (non-hydrogen) atoms. The Labute approximate surface area is 574 Å². The number of aliphatic hydroxyl groups excluding tert-OH is 10. The van der Waals surface area contributed by atoms with Crippen LogP contribution >= 0.6 is 0 Å². The van der Waals surface area contributed by atoms with E-state index in [-0.39, 0.29) is 164 Å². The molecule has 18 atom stereocenters. The highest BCUT2D eigenvalue weighted by molar-refractivity contribution is 5.89. The number of carbonyl (C=O) groups excluding carboxylic acids is 7. The molecule has 3 saturated heterocycles. The predicted octanol–water partition coefficient (Wildman–Crippen LogP) is -9.45. The van der Waals surface area contributed by atoms with Gasteiger partial charge in [-0.15, -0.1) is 0 Å². The summed E-state index contributed by atoms with van der Waals surface area (Å²) in [4.78, 5) is 86.9. The van der Waals surface area contributed by atoms with Gasteiger partial charge >= 0.3 is 0 Å². The maximum atomic E-state index is 13.6. The largest absolute Gasteiger partial charge is 0.394 e. The molecule has 6 amide bonds. The number of nitrogens with one attached hydrogen (secondary N) is 7. The van der Waals surface area contributed by atoms with Gasteiger partial charge in [0.15, 0.2) is 18.9 Å². The van der Waals surface area contributed by atoms with Crippen LogP contribution in [0.25, 0.3) is 0 Å². The molecule has 0 bridgehead atoms. The first-order valence-electron chi connectivity index (χ1n) is 33.1. The monoisotopic (exact) mass is 1440 g/mol. The summed E-state index contributed by atoms with van der Waals surface area (Å²) in [6, 6.07) is -5.19. The van der Waals surface area contributed by atoms with Gasteiger partial charge in [0.05, 0.1) is 151 Å². The second kappa shape index (κ2) is 53.3. The number of rotatable bonds is 57. The van der Waals surface area contributed by atoms with Gasteiger partial charge in [-0.05, 0) is 45.4 Å². The van der Waals surface area contributed by atoms with Crippen LogP contribution in [0.3, 0.4) is 0 Å². The van der Waals surface area contributed by atoms with Crippen LogP contribution in [-0.4, -0.2) is 375 Å². The van der Waals surface area contributed by atoms with Gasteiger partial charge in [0.25, 0.3) is 0 Å². The summed E-state index contributed by atoms with van der Waals surface area (Å²) in [6.07, 6.45) is -13.8. The van der Waals surface area contributed by atoms with E-state index in [0.29, 0.717) is 32.0 Å². The van der Waals surface area contributed by atoms with Crippen LogP contribution in [0, 0.1) is 0 Å². The Kier molecular flexibility index (Phi) is 47.7. The zero-order valence-corrected chi connectivity index (χ0v) is 56.6. The Morgan fingerprint density at radius 2 is 0.747 bits per heavy atom. The Hall–Kier alpha value is -4.55. The van der Waals surface area contributed by atoms with Gasteiger partial charge in [-0.1, -0.05) is 0 Å². The highest BCUT2D eigenvalue weighted by Gasteiger charge is 2.48. The first-order valence-corrected chi connectivity index (χ1v) is 33.1. The molecule has 39 nitrogen and oxygen atoms in total. The summed E-state index contributed by atoms with van der Waals surface area (Å²) in [5.41, 5.74) is 0. The van der Waals surface area contributed by atoms with Crippen LogP contribution in [0.1, 0.15) is 59.3 Å². The van der Waals surface area contributed by atoms with Crippen molar-refractivity contribution in [3.63, 3.8) is 0 Å². The van der Waals surface area contributed by atoms with E-state index in [1.165, 1.54) is 20.8 Å². The lowest BCUT2D eigenvalue weighted by molar-refractivity contribution is -0.275. The predicted molar refractivity (Wildman–Crippen MR) is 336 cm³/mol. The zero-order valence-electron chi connectivity index (χ0n) is 56.6. The summed E-state index contributed by atoms with van der Waals surface area (Å²) in [5, 5.41) is 118. The fourth-order valence-electron chi connectivity index (χ4n) is 9.87. The summed E-state index contributed by atoms with van der Waals surface area (Å²) < 4.78 is 82.4. The second-order valence-corrected chi connectivity index (χ2v) is 22.9. The zero-order chi connectivity index (χ0) is 72.7. The van der Waals surface area contributed by atoms with Crippen LogP contribution in [-0.2, 0) is 105 Å². The van der Waals surface area contributed by atoms with Crippen molar-refractivity contribution in [2.24, 2.45) is 0 Å². The van der Waals surface area contributed by atoms with Gasteiger partial charge in [0.2, 0.25) is 35.4 Å². The number of hydrogen-bond donors (Lipinski definition) is 17. The molecular weight excluding hydrogens is 1330 g/mol. The van der Waals surface area contributed by atoms with Crippen molar-refractivity contribution >= 4 is 41.7 Å². The van der Waals surface area contributed by atoms with E-state index in [1.807, 2.05) is 0 Å². The van der Waals surface area contributed by atoms with Crippen molar-refractivity contribution in [1.29, 1.82) is 0 Å². The molecule has 3 fully saturated rings. The van der Waals surface area contributed by atoms with E-state index in [1.54, 1.807) is 0 Å². The summed E-state index contributed by atoms with van der Waals surface area (Å²) in [6.45, 7) is 3.48. The van der Waals surface area contributed by atoms with E-state index in [2.05, 4.69) is 37.2 Å². The van der Waals surface area contributed by atoms with Crippen LogP contribution in [0.5, 0.6) is 0 Å². The smallest absolute Gasteiger partial charge is 0.246 e. The molecule has 3 aliphatic rings. The minimum atomic E-state index is -1.46. The fraction of sp³-hybridized carbons (Fsp3) is 0.883. The molecule has 0 radical (unpaired) electrons. The SMILES string of the molecule is CC(=O)N[C@H]1[C@H](OCCOCCOCCOCC(=O)NCCCC[C@H](NC(=O)COCCOCCOCCO[C@@H]2O[C@H](CO)[C@H](O)[C@H](O)[C@H]2NC(C)=O)C(=O)N[C@H](C=O)CCCCNC(=O)COCCOCCOCCO[C@@H]2O[C@H](CO)[C@H](O)[C@H](O)[C@H]2NC(C)O)O[C@H](CO)[C@H](O)[C@@H]1O. The maximum absolute atomic E-state index is 13.6. The lowest BCUT2D eigenvalue weighted by atomic mass is 9.97. The number of aliphatic hydroxyl groups is 10. The molecule has 3 aliphatic heterocycles. The Morgan fingerprint density at radius 3 is 1.09 bits per heavy atom. The number of amides is 6. The maximum Gasteiger partial charge on any atom is 0.246 e. The van der Waals surface area contributed by atoms with Crippen molar-refractivity contribution in [3.8, 4) is 0 Å². The highest BCUT2D eigenvalue weighted by atomic mass is 16.7. The molecule has 39 heteroatoms. The van der Waals surface area contributed by atoms with Gasteiger partial charge in [-0.2, -0.15) is 0 Å². The molecule has 0 aromatic rings. The molecule has 0 spiro atoms. The summed E-state index contributed by atoms with van der Waals surface area (Å²) in [5.74, 6) is -3.04. The molecule has 1 unspecified atom stereocenters. The van der Waals surface area contributed by atoms with Gasteiger partial charge < -0.3 is 159 Å². The van der Waals surface area contributed by atoms with Gasteiger partial charge in [0, 0.05) is 26.9 Å². The van der Waals surface area contributed by atoms with Crippen LogP contribution in [0.4, 0.5) is 0 Å². The van der Waals surface area contributed by atoms with E-state index in [9.17, 15) is 84.6 Å².